The normalized spacial score (nSPS) is 33.6. The third kappa shape index (κ3) is 36.8. The number of nitrogens with one attached hydrogen (secondary N) is 4. The van der Waals surface area contributed by atoms with Gasteiger partial charge in [-0.1, -0.05) is 231 Å². The number of hydrogen-bond acceptors (Lipinski definition) is 38. The molecule has 26 N–H and O–H groups in total. The number of amides is 4. The zero-order valence-corrected chi connectivity index (χ0v) is 79.3. The van der Waals surface area contributed by atoms with Gasteiger partial charge in [0.05, 0.1) is 82.7 Å². The highest BCUT2D eigenvalue weighted by Crippen LogP contribution is 2.43. The van der Waals surface area contributed by atoms with Crippen molar-refractivity contribution < 1.29 is 198 Å². The maximum Gasteiger partial charge on any atom is 0.364 e. The van der Waals surface area contributed by atoms with Crippen molar-refractivity contribution in [2.45, 2.75) is 479 Å². The van der Waals surface area contributed by atoms with E-state index >= 15 is 0 Å². The minimum atomic E-state index is -3.57. The van der Waals surface area contributed by atoms with Gasteiger partial charge in [0.2, 0.25) is 23.6 Å². The summed E-state index contributed by atoms with van der Waals surface area (Å²) < 4.78 is 70.6. The lowest BCUT2D eigenvalue weighted by Crippen LogP contribution is -2.72. The van der Waals surface area contributed by atoms with Crippen molar-refractivity contribution >= 4 is 35.6 Å². The molecule has 6 rings (SSSR count). The Hall–Kier alpha value is -4.72. The Morgan fingerprint density at radius 3 is 1.24 bits per heavy atom. The van der Waals surface area contributed by atoms with E-state index in [9.17, 15) is 141 Å². The second-order valence-electron chi connectivity index (χ2n) is 37.1. The number of aliphatic hydroxyl groups is 20. The van der Waals surface area contributed by atoms with E-state index in [1.54, 1.807) is 6.08 Å². The van der Waals surface area contributed by atoms with Crippen LogP contribution in [0.4, 0.5) is 0 Å². The lowest BCUT2D eigenvalue weighted by molar-refractivity contribution is -0.391. The SMILES string of the molecule is CCCCCCCCCCCCC/C=C/[C@@H](O)[C@H](CO[C@@H]1OC(CO)[C@@H](O[C@@H]2OC(CO)[C@H](O)[C@H](O[C@@H]3OC(CO)[C@@H](O[C@@H]4OC(CO)[C@H](O)[C@H](O[C@]5(C(=O)O)CC(O)[C@@H](NC(=O)CO)C([C@H](O)[C@@H](CO)O[C@]6(C(=O)O)CC(O)[C@@H](NC(C)=O)C([C@H](O)[C@H](O)CO)O6)O5)C4O)[C@H](O)C3NC(C)=O)C2O)[C@H](O)C1O)NC(=O)CCCCCCCCCCCCCCCCCCCCCCCCC. The maximum atomic E-state index is 13.8. The number of rotatable bonds is 68. The Bertz CT molecular complexity index is 3370. The molecule has 34 atom stereocenters. The molecule has 44 nitrogen and oxygen atoms in total. The highest BCUT2D eigenvalue weighted by Gasteiger charge is 2.64. The molecule has 12 unspecified atom stereocenters. The van der Waals surface area contributed by atoms with Crippen molar-refractivity contribution in [2.24, 2.45) is 0 Å². The molecule has 0 bridgehead atoms. The number of hydrogen-bond donors (Lipinski definition) is 26. The van der Waals surface area contributed by atoms with E-state index < -0.39 is 303 Å². The number of carboxylic acids is 2. The molecule has 0 saturated carbocycles. The molecule has 4 amide bonds. The molecule has 792 valence electrons. The lowest BCUT2D eigenvalue weighted by Gasteiger charge is -2.52. The van der Waals surface area contributed by atoms with Gasteiger partial charge in [0, 0.05) is 33.1 Å². The summed E-state index contributed by atoms with van der Waals surface area (Å²) in [6.07, 6.45) is -18.7. The number of unbranched alkanes of at least 4 members (excludes halogenated alkanes) is 33. The van der Waals surface area contributed by atoms with Gasteiger partial charge in [-0.15, -0.1) is 0 Å². The van der Waals surface area contributed by atoms with Gasteiger partial charge in [-0.25, -0.2) is 9.59 Å². The van der Waals surface area contributed by atoms with Crippen LogP contribution >= 0.6 is 0 Å². The molecule has 6 fully saturated rings. The van der Waals surface area contributed by atoms with Crippen molar-refractivity contribution in [2.75, 3.05) is 52.9 Å². The number of carbonyl (C=O) groups is 6. The third-order valence-corrected chi connectivity index (χ3v) is 26.2. The number of carbonyl (C=O) groups excluding carboxylic acids is 4. The first-order chi connectivity index (χ1) is 65.1. The average Bonchev–Trinajstić information content (AvgIpc) is 0.744. The van der Waals surface area contributed by atoms with Crippen molar-refractivity contribution in [3.8, 4) is 0 Å². The number of ether oxygens (including phenoxy) is 12. The van der Waals surface area contributed by atoms with Crippen molar-refractivity contribution in [1.29, 1.82) is 0 Å². The van der Waals surface area contributed by atoms with Gasteiger partial charge in [0.25, 0.3) is 11.6 Å². The second-order valence-corrected chi connectivity index (χ2v) is 37.1. The van der Waals surface area contributed by atoms with Crippen LogP contribution in [-0.4, -0.2) is 408 Å². The molecule has 0 aromatic heterocycles. The topological polar surface area (TPSA) is 706 Å². The monoisotopic (exact) mass is 1970 g/mol. The highest BCUT2D eigenvalue weighted by atomic mass is 16.8. The number of aliphatic hydroxyl groups excluding tert-OH is 20. The molecular formula is C92H164N4O40. The third-order valence-electron chi connectivity index (χ3n) is 26.2. The summed E-state index contributed by atoms with van der Waals surface area (Å²) in [5, 5.41) is 256. The molecule has 6 heterocycles. The summed E-state index contributed by atoms with van der Waals surface area (Å²) in [5.74, 6) is -15.0. The van der Waals surface area contributed by atoms with Crippen LogP contribution < -0.4 is 21.3 Å². The van der Waals surface area contributed by atoms with Gasteiger partial charge in [0.15, 0.2) is 25.2 Å². The van der Waals surface area contributed by atoms with E-state index in [1.807, 2.05) is 6.08 Å². The van der Waals surface area contributed by atoms with E-state index in [4.69, 9.17) is 56.8 Å². The minimum Gasteiger partial charge on any atom is -0.477 e. The minimum absolute atomic E-state index is 0.143. The van der Waals surface area contributed by atoms with E-state index in [0.29, 0.717) is 12.8 Å². The van der Waals surface area contributed by atoms with E-state index in [2.05, 4.69) is 35.1 Å². The Kier molecular flexibility index (Phi) is 56.0. The largest absolute Gasteiger partial charge is 0.477 e. The zero-order chi connectivity index (χ0) is 100. The van der Waals surface area contributed by atoms with E-state index in [-0.39, 0.29) is 12.3 Å². The van der Waals surface area contributed by atoms with Crippen molar-refractivity contribution in [3.63, 3.8) is 0 Å². The first-order valence-electron chi connectivity index (χ1n) is 49.4. The van der Waals surface area contributed by atoms with E-state index in [1.165, 1.54) is 154 Å². The van der Waals surface area contributed by atoms with Crippen LogP contribution in [0.25, 0.3) is 0 Å². The summed E-state index contributed by atoms with van der Waals surface area (Å²) in [7, 11) is 0. The van der Waals surface area contributed by atoms with Crippen LogP contribution in [-0.2, 0) is 85.6 Å². The summed E-state index contributed by atoms with van der Waals surface area (Å²) in [5.41, 5.74) is 0. The molecule has 6 aliphatic heterocycles. The van der Waals surface area contributed by atoms with Gasteiger partial charge < -0.3 is 190 Å². The predicted octanol–water partition coefficient (Wildman–Crippen LogP) is -1.78. The number of aliphatic carboxylic acids is 2. The Balaban J connectivity index is 1.11. The first-order valence-corrected chi connectivity index (χ1v) is 49.4. The number of allylic oxidation sites excluding steroid dienone is 1. The molecular weight excluding hydrogens is 1800 g/mol. The molecule has 0 aromatic carbocycles. The lowest BCUT2D eigenvalue weighted by atomic mass is 9.87. The fourth-order valence-electron chi connectivity index (χ4n) is 18.3. The fourth-order valence-corrected chi connectivity index (χ4v) is 18.3. The molecule has 6 saturated heterocycles. The highest BCUT2D eigenvalue weighted by molar-refractivity contribution is 5.79. The molecule has 6 aliphatic rings. The smallest absolute Gasteiger partial charge is 0.364 e. The summed E-state index contributed by atoms with van der Waals surface area (Å²) in [4.78, 5) is 78.8. The molecule has 0 spiro atoms. The Morgan fingerprint density at radius 1 is 0.404 bits per heavy atom. The van der Waals surface area contributed by atoms with Crippen LogP contribution in [0.5, 0.6) is 0 Å². The molecule has 44 heteroatoms. The van der Waals surface area contributed by atoms with Crippen LogP contribution in [0.15, 0.2) is 12.2 Å². The van der Waals surface area contributed by atoms with Crippen LogP contribution in [0.3, 0.4) is 0 Å². The van der Waals surface area contributed by atoms with Gasteiger partial charge >= 0.3 is 11.9 Å². The summed E-state index contributed by atoms with van der Waals surface area (Å²) in [6.45, 7) is -2.88. The fraction of sp³-hybridized carbons (Fsp3) is 0.913. The predicted molar refractivity (Wildman–Crippen MR) is 478 cm³/mol. The van der Waals surface area contributed by atoms with Crippen LogP contribution in [0.2, 0.25) is 0 Å². The van der Waals surface area contributed by atoms with Gasteiger partial charge in [-0.3, -0.25) is 19.2 Å². The zero-order valence-electron chi connectivity index (χ0n) is 79.3. The van der Waals surface area contributed by atoms with E-state index in [0.717, 1.165) is 71.6 Å². The Morgan fingerprint density at radius 2 is 0.794 bits per heavy atom. The first kappa shape index (κ1) is 120. The van der Waals surface area contributed by atoms with Gasteiger partial charge in [-0.2, -0.15) is 0 Å². The van der Waals surface area contributed by atoms with Crippen LogP contribution in [0, 0.1) is 0 Å². The van der Waals surface area contributed by atoms with Gasteiger partial charge in [-0.05, 0) is 19.3 Å². The summed E-state index contributed by atoms with van der Waals surface area (Å²) >= 11 is 0. The molecule has 0 radical (unpaired) electrons. The average molecular weight is 1970 g/mol. The quantitative estimate of drug-likeness (QED) is 0.0237. The standard InChI is InChI=1S/C92H164N4O40/c1-5-7-9-11-13-15-17-19-20-21-22-23-24-25-26-27-28-30-32-34-36-38-40-42-65(110)95-55(56(106)41-39-37-35-33-31-29-18-16-14-12-10-8-6-2)52-125-86-76(118)75(117)80(64(50-102)129-86)131-87-77(119)83(71(113)60(46-98)126-87)132-85-69(94-54(4)105)74(116)79(63(49-101)128-85)130-88-78(120)84(72(114)61(47-99)127-88)136-92(90(123)124)44-58(108)68(96-66(111)51-103)82(135-92)73(115)62(48-100)133-91(89(121)122)43-57(107)67(93-53(3)104)81(134-91)70(112)59(109)45-97/h39,41,55-64,67-88,97-103,106-109,112-120H,5-38,40,42-52H2,1-4H3,(H,93,104)(H,94,105)(H,95,110)(H,96,111)(H,121,122)(H,123,124)/b41-39+/t55-,56+,57?,58?,59+,60?,61?,62+,63?,64?,67+,68+,69?,70+,71-,72-,73+,74+,75+,76?,77?,78?,79+,80+,81?,82?,83-,84-,85-,86+,87-,88-,91+,92-/m0/s1. The Labute approximate surface area is 795 Å². The van der Waals surface area contributed by atoms with Gasteiger partial charge in [0.1, 0.15) is 141 Å². The summed E-state index contributed by atoms with van der Waals surface area (Å²) in [6, 6.07) is -7.04. The second kappa shape index (κ2) is 63.4. The molecule has 0 aliphatic carbocycles. The van der Waals surface area contributed by atoms with Crippen LogP contribution in [0.1, 0.15) is 272 Å². The van der Waals surface area contributed by atoms with Crippen molar-refractivity contribution in [1.82, 2.24) is 21.3 Å². The molecule has 0 aromatic rings. The molecule has 136 heavy (non-hydrogen) atoms. The maximum absolute atomic E-state index is 13.8. The number of carboxylic acid groups (broad SMARTS) is 2. The van der Waals surface area contributed by atoms with Crippen molar-refractivity contribution in [3.05, 3.63) is 12.2 Å².